The normalized spacial score (nSPS) is 21.5. The molecule has 2 saturated heterocycles. The molecular weight excluding hydrogens is 356 g/mol. The number of carbonyl (C=O) groups is 1. The molecule has 2 aliphatic rings. The van der Waals surface area contributed by atoms with Gasteiger partial charge in [0.1, 0.15) is 5.75 Å². The first-order valence-corrected chi connectivity index (χ1v) is 10.1. The Labute approximate surface area is 155 Å². The van der Waals surface area contributed by atoms with Crippen molar-refractivity contribution in [3.63, 3.8) is 0 Å². The molecule has 0 saturated carbocycles. The lowest BCUT2D eigenvalue weighted by Crippen LogP contribution is -2.60. The van der Waals surface area contributed by atoms with Crippen molar-refractivity contribution in [2.45, 2.75) is 30.8 Å². The molecule has 1 aromatic heterocycles. The minimum Gasteiger partial charge on any atom is -0.508 e. The molecule has 2 aromatic rings. The van der Waals surface area contributed by atoms with Crippen molar-refractivity contribution < 1.29 is 14.6 Å². The lowest BCUT2D eigenvalue weighted by Gasteiger charge is -2.47. The first kappa shape index (κ1) is 16.9. The maximum atomic E-state index is 12.5. The summed E-state index contributed by atoms with van der Waals surface area (Å²) in [5, 5.41) is 12.6. The van der Waals surface area contributed by atoms with Crippen molar-refractivity contribution in [1.82, 2.24) is 9.88 Å². The molecule has 3 heterocycles. The second-order valence-electron chi connectivity index (χ2n) is 6.70. The number of carbonyl (C=O) groups excluding carboxylic acids is 1. The van der Waals surface area contributed by atoms with Crippen LogP contribution in [0.3, 0.4) is 0 Å². The van der Waals surface area contributed by atoms with Crippen LogP contribution in [-0.2, 0) is 11.3 Å². The summed E-state index contributed by atoms with van der Waals surface area (Å²) in [6.07, 6.45) is 1.20. The fraction of sp³-hybridized carbons (Fsp3) is 0.444. The van der Waals surface area contributed by atoms with E-state index in [0.717, 1.165) is 36.0 Å². The van der Waals surface area contributed by atoms with Gasteiger partial charge >= 0.3 is 0 Å². The molecule has 132 valence electrons. The summed E-state index contributed by atoms with van der Waals surface area (Å²) in [6.45, 7) is 4.07. The Morgan fingerprint density at radius 1 is 1.48 bits per heavy atom. The van der Waals surface area contributed by atoms with Crippen molar-refractivity contribution in [2.24, 2.45) is 0 Å². The fourth-order valence-corrected chi connectivity index (χ4v) is 5.57. The van der Waals surface area contributed by atoms with Gasteiger partial charge in [0.05, 0.1) is 28.2 Å². The third kappa shape index (κ3) is 3.54. The van der Waals surface area contributed by atoms with Crippen LogP contribution in [0.25, 0.3) is 0 Å². The topological polar surface area (TPSA) is 62.7 Å². The molecule has 0 aliphatic carbocycles. The van der Waals surface area contributed by atoms with Crippen LogP contribution in [0.5, 0.6) is 5.75 Å². The van der Waals surface area contributed by atoms with Crippen LogP contribution in [-0.4, -0.2) is 50.6 Å². The van der Waals surface area contributed by atoms with Crippen molar-refractivity contribution in [1.29, 1.82) is 0 Å². The van der Waals surface area contributed by atoms with E-state index < -0.39 is 0 Å². The quantitative estimate of drug-likeness (QED) is 0.888. The lowest BCUT2D eigenvalue weighted by molar-refractivity contribution is 0.0246. The van der Waals surface area contributed by atoms with E-state index in [4.69, 9.17) is 4.74 Å². The number of aryl methyl sites for hydroxylation is 1. The van der Waals surface area contributed by atoms with Crippen molar-refractivity contribution in [3.05, 3.63) is 45.9 Å². The predicted molar refractivity (Wildman–Crippen MR) is 99.2 cm³/mol. The monoisotopic (exact) mass is 376 g/mol. The van der Waals surface area contributed by atoms with E-state index in [1.54, 1.807) is 29.5 Å². The maximum Gasteiger partial charge on any atom is 0.254 e. The van der Waals surface area contributed by atoms with Gasteiger partial charge in [-0.1, -0.05) is 6.07 Å². The molecule has 2 fully saturated rings. The standard InChI is InChI=1S/C18H20N2O3S2/c1-12-19-14(8-24-12)7-23-16-6-18(25-9-16)10-20(11-18)17(22)13-3-2-4-15(21)5-13/h2-5,8,16,21H,6-7,9-11H2,1H3. The van der Waals surface area contributed by atoms with Gasteiger partial charge in [0.25, 0.3) is 5.91 Å². The fourth-order valence-electron chi connectivity index (χ4n) is 3.42. The van der Waals surface area contributed by atoms with Crippen LogP contribution in [0.4, 0.5) is 0 Å². The number of hydrogen-bond acceptors (Lipinski definition) is 6. The number of nitrogens with zero attached hydrogens (tertiary/aromatic N) is 2. The van der Waals surface area contributed by atoms with Gasteiger partial charge < -0.3 is 14.7 Å². The van der Waals surface area contributed by atoms with E-state index in [-0.39, 0.29) is 22.5 Å². The average Bonchev–Trinajstić information content (AvgIpc) is 3.17. The molecular formula is C18H20N2O3S2. The number of hydrogen-bond donors (Lipinski definition) is 1. The zero-order chi connectivity index (χ0) is 17.4. The van der Waals surface area contributed by atoms with E-state index in [1.165, 1.54) is 6.07 Å². The number of aromatic nitrogens is 1. The molecule has 2 aliphatic heterocycles. The summed E-state index contributed by atoms with van der Waals surface area (Å²) >= 11 is 3.56. The van der Waals surface area contributed by atoms with Crippen LogP contribution in [0.1, 0.15) is 27.5 Å². The number of ether oxygens (including phenoxy) is 1. The number of aromatic hydroxyl groups is 1. The Kier molecular flexibility index (Phi) is 4.47. The van der Waals surface area contributed by atoms with Crippen LogP contribution in [0.15, 0.2) is 29.6 Å². The van der Waals surface area contributed by atoms with E-state index in [0.29, 0.717) is 12.2 Å². The number of phenolic OH excluding ortho intramolecular Hbond substituents is 1. The Bertz CT molecular complexity index is 786. The van der Waals surface area contributed by atoms with E-state index in [9.17, 15) is 9.90 Å². The van der Waals surface area contributed by atoms with Gasteiger partial charge in [-0.25, -0.2) is 4.98 Å². The third-order valence-corrected chi connectivity index (χ3v) is 7.04. The summed E-state index contributed by atoms with van der Waals surface area (Å²) in [4.78, 5) is 18.8. The molecule has 1 amide bonds. The number of thioether (sulfide) groups is 1. The van der Waals surface area contributed by atoms with Gasteiger partial charge in [-0.15, -0.1) is 23.1 Å². The number of thiazole rings is 1. The summed E-state index contributed by atoms with van der Waals surface area (Å²) in [5.41, 5.74) is 1.55. The highest BCUT2D eigenvalue weighted by Crippen LogP contribution is 2.46. The second-order valence-corrected chi connectivity index (χ2v) is 9.25. The number of rotatable bonds is 4. The van der Waals surface area contributed by atoms with Crippen molar-refractivity contribution >= 4 is 29.0 Å². The SMILES string of the molecule is Cc1nc(COC2CSC3(C2)CN(C(=O)c2cccc(O)c2)C3)cs1. The van der Waals surface area contributed by atoms with Crippen molar-refractivity contribution in [2.75, 3.05) is 18.8 Å². The van der Waals surface area contributed by atoms with E-state index in [1.807, 2.05) is 29.0 Å². The molecule has 4 rings (SSSR count). The molecule has 5 nitrogen and oxygen atoms in total. The first-order valence-electron chi connectivity index (χ1n) is 8.28. The maximum absolute atomic E-state index is 12.5. The zero-order valence-electron chi connectivity index (χ0n) is 14.0. The molecule has 1 aromatic carbocycles. The number of phenols is 1. The molecule has 25 heavy (non-hydrogen) atoms. The summed E-state index contributed by atoms with van der Waals surface area (Å²) in [7, 11) is 0. The minimum absolute atomic E-state index is 0.00978. The Hall–Kier alpha value is -1.57. The summed E-state index contributed by atoms with van der Waals surface area (Å²) in [6, 6.07) is 6.55. The first-order chi connectivity index (χ1) is 12.0. The number of amides is 1. The van der Waals surface area contributed by atoms with Gasteiger partial charge in [0.15, 0.2) is 0 Å². The molecule has 1 N–H and O–H groups in total. The van der Waals surface area contributed by atoms with Crippen LogP contribution < -0.4 is 0 Å². The molecule has 7 heteroatoms. The van der Waals surface area contributed by atoms with Crippen LogP contribution in [0.2, 0.25) is 0 Å². The lowest BCUT2D eigenvalue weighted by atomic mass is 9.92. The Morgan fingerprint density at radius 2 is 2.32 bits per heavy atom. The highest BCUT2D eigenvalue weighted by atomic mass is 32.2. The number of benzene rings is 1. The van der Waals surface area contributed by atoms with Crippen molar-refractivity contribution in [3.8, 4) is 5.75 Å². The van der Waals surface area contributed by atoms with E-state index >= 15 is 0 Å². The highest BCUT2D eigenvalue weighted by molar-refractivity contribution is 8.01. The minimum atomic E-state index is -0.00978. The zero-order valence-corrected chi connectivity index (χ0v) is 15.6. The largest absolute Gasteiger partial charge is 0.508 e. The Morgan fingerprint density at radius 3 is 3.04 bits per heavy atom. The molecule has 0 radical (unpaired) electrons. The number of likely N-dealkylation sites (tertiary alicyclic amines) is 1. The van der Waals surface area contributed by atoms with Gasteiger partial charge in [0, 0.05) is 29.8 Å². The molecule has 1 atom stereocenters. The summed E-state index contributed by atoms with van der Waals surface area (Å²) < 4.78 is 6.15. The van der Waals surface area contributed by atoms with Gasteiger partial charge in [-0.2, -0.15) is 0 Å². The molecule has 0 bridgehead atoms. The highest BCUT2D eigenvalue weighted by Gasteiger charge is 2.51. The third-order valence-electron chi connectivity index (χ3n) is 4.65. The summed E-state index contributed by atoms with van der Waals surface area (Å²) in [5.74, 6) is 1.09. The van der Waals surface area contributed by atoms with Crippen LogP contribution >= 0.6 is 23.1 Å². The Balaban J connectivity index is 1.29. The average molecular weight is 377 g/mol. The molecule has 1 unspecified atom stereocenters. The molecule has 1 spiro atoms. The van der Waals surface area contributed by atoms with Crippen LogP contribution in [0, 0.1) is 6.92 Å². The predicted octanol–water partition coefficient (Wildman–Crippen LogP) is 3.07. The van der Waals surface area contributed by atoms with Gasteiger partial charge in [-0.3, -0.25) is 4.79 Å². The van der Waals surface area contributed by atoms with Gasteiger partial charge in [0.2, 0.25) is 0 Å². The second kappa shape index (κ2) is 6.63. The smallest absolute Gasteiger partial charge is 0.254 e. The van der Waals surface area contributed by atoms with E-state index in [2.05, 4.69) is 4.98 Å². The van der Waals surface area contributed by atoms with Gasteiger partial charge in [-0.05, 0) is 31.5 Å².